The second-order valence-corrected chi connectivity index (χ2v) is 9.25. The fourth-order valence-corrected chi connectivity index (χ4v) is 4.93. The monoisotopic (exact) mass is 431 g/mol. The summed E-state index contributed by atoms with van der Waals surface area (Å²) in [4.78, 5) is 25.0. The Kier molecular flexibility index (Phi) is 5.29. The molecule has 7 heteroatoms. The van der Waals surface area contributed by atoms with Gasteiger partial charge in [0.1, 0.15) is 0 Å². The summed E-state index contributed by atoms with van der Waals surface area (Å²) in [6.45, 7) is 7.55. The molecule has 0 atom stereocenters. The normalized spacial score (nSPS) is 14.5. The van der Waals surface area contributed by atoms with Crippen molar-refractivity contribution in [1.29, 1.82) is 0 Å². The minimum absolute atomic E-state index is 0.105. The fraction of sp³-hybridized carbons (Fsp3) is 0.292. The number of hydrogen-bond acceptors (Lipinski definition) is 6. The van der Waals surface area contributed by atoms with E-state index in [2.05, 4.69) is 47.7 Å². The van der Waals surface area contributed by atoms with E-state index in [1.807, 2.05) is 35.4 Å². The maximum absolute atomic E-state index is 13.0. The van der Waals surface area contributed by atoms with Crippen molar-refractivity contribution in [2.24, 2.45) is 0 Å². The Labute approximate surface area is 185 Å². The van der Waals surface area contributed by atoms with Crippen molar-refractivity contribution in [1.82, 2.24) is 20.2 Å². The van der Waals surface area contributed by atoms with Crippen molar-refractivity contribution in [3.63, 3.8) is 0 Å². The minimum atomic E-state index is 0.105. The first-order valence-corrected chi connectivity index (χ1v) is 11.5. The zero-order valence-corrected chi connectivity index (χ0v) is 18.5. The Balaban J connectivity index is 1.50. The van der Waals surface area contributed by atoms with Gasteiger partial charge in [-0.25, -0.2) is 9.97 Å². The largest absolute Gasteiger partial charge is 0.335 e. The van der Waals surface area contributed by atoms with Crippen LogP contribution in [0.5, 0.6) is 0 Å². The van der Waals surface area contributed by atoms with Gasteiger partial charge in [-0.2, -0.15) is 0 Å². The fourth-order valence-electron chi connectivity index (χ4n) is 3.90. The zero-order chi connectivity index (χ0) is 21.4. The van der Waals surface area contributed by atoms with Gasteiger partial charge in [-0.1, -0.05) is 26.0 Å². The van der Waals surface area contributed by atoms with Gasteiger partial charge in [-0.05, 0) is 41.8 Å². The molecule has 158 valence electrons. The van der Waals surface area contributed by atoms with Crippen LogP contribution in [0.2, 0.25) is 0 Å². The summed E-state index contributed by atoms with van der Waals surface area (Å²) in [7, 11) is 0. The van der Waals surface area contributed by atoms with Crippen molar-refractivity contribution in [2.45, 2.75) is 19.8 Å². The number of hydrogen-bond donors (Lipinski definition) is 2. The summed E-state index contributed by atoms with van der Waals surface area (Å²) < 4.78 is 1.07. The Bertz CT molecular complexity index is 1260. The molecule has 1 aliphatic rings. The topological polar surface area (TPSA) is 70.2 Å². The van der Waals surface area contributed by atoms with Gasteiger partial charge in [0.2, 0.25) is 5.95 Å². The number of piperazine rings is 1. The smallest absolute Gasteiger partial charge is 0.264 e. The van der Waals surface area contributed by atoms with E-state index >= 15 is 0 Å². The molecule has 0 radical (unpaired) electrons. The number of amides is 1. The highest BCUT2D eigenvalue weighted by Gasteiger charge is 2.20. The lowest BCUT2D eigenvalue weighted by Crippen LogP contribution is -2.46. The van der Waals surface area contributed by atoms with Crippen molar-refractivity contribution in [3.05, 3.63) is 59.1 Å². The number of anilines is 2. The summed E-state index contributed by atoms with van der Waals surface area (Å²) in [5, 5.41) is 8.60. The molecule has 6 nitrogen and oxygen atoms in total. The average Bonchev–Trinajstić information content (AvgIpc) is 3.24. The number of rotatable bonds is 4. The number of nitrogens with zero attached hydrogens (tertiary/aromatic N) is 3. The summed E-state index contributed by atoms with van der Waals surface area (Å²) in [6.07, 6.45) is 1.84. The van der Waals surface area contributed by atoms with E-state index in [-0.39, 0.29) is 5.91 Å². The third-order valence-corrected chi connectivity index (χ3v) is 6.76. The lowest BCUT2D eigenvalue weighted by molar-refractivity contribution is 0.0741. The number of benzene rings is 2. The van der Waals surface area contributed by atoms with Crippen LogP contribution in [-0.4, -0.2) is 47.0 Å². The van der Waals surface area contributed by atoms with Crippen LogP contribution in [0.3, 0.4) is 0 Å². The molecular formula is C24H25N5OS. The number of carbonyl (C=O) groups is 1. The molecule has 5 rings (SSSR count). The van der Waals surface area contributed by atoms with Gasteiger partial charge in [-0.3, -0.25) is 4.79 Å². The predicted molar refractivity (Wildman–Crippen MR) is 128 cm³/mol. The third-order valence-electron chi connectivity index (χ3n) is 5.67. The van der Waals surface area contributed by atoms with Crippen molar-refractivity contribution in [3.8, 4) is 0 Å². The van der Waals surface area contributed by atoms with Crippen LogP contribution < -0.4 is 10.6 Å². The summed E-state index contributed by atoms with van der Waals surface area (Å²) in [5.74, 6) is 1.12. The SMILES string of the molecule is CC(C)c1cccc(Nc2ncc3ccc4sc(C(=O)N5CCNCC5)cc4c3n2)c1. The van der Waals surface area contributed by atoms with Gasteiger partial charge in [0, 0.05) is 53.5 Å². The summed E-state index contributed by atoms with van der Waals surface area (Å²) in [6, 6.07) is 14.4. The Hall–Kier alpha value is -3.03. The van der Waals surface area contributed by atoms with E-state index < -0.39 is 0 Å². The number of fused-ring (bicyclic) bond motifs is 3. The first-order chi connectivity index (χ1) is 15.1. The van der Waals surface area contributed by atoms with E-state index in [9.17, 15) is 4.79 Å². The first kappa shape index (κ1) is 19.9. The number of carbonyl (C=O) groups excluding carboxylic acids is 1. The molecular weight excluding hydrogens is 406 g/mol. The highest BCUT2D eigenvalue weighted by atomic mass is 32.1. The van der Waals surface area contributed by atoms with Gasteiger partial charge in [-0.15, -0.1) is 11.3 Å². The number of thiophene rings is 1. The van der Waals surface area contributed by atoms with Crippen molar-refractivity contribution < 1.29 is 4.79 Å². The average molecular weight is 432 g/mol. The maximum atomic E-state index is 13.0. The summed E-state index contributed by atoms with van der Waals surface area (Å²) in [5.41, 5.74) is 3.10. The molecule has 2 aromatic heterocycles. The van der Waals surface area contributed by atoms with Crippen LogP contribution in [0.15, 0.2) is 48.7 Å². The lowest BCUT2D eigenvalue weighted by atomic mass is 10.0. The van der Waals surface area contributed by atoms with E-state index in [0.29, 0.717) is 11.9 Å². The zero-order valence-electron chi connectivity index (χ0n) is 17.7. The molecule has 3 heterocycles. The second kappa shape index (κ2) is 8.24. The molecule has 1 saturated heterocycles. The van der Waals surface area contributed by atoms with E-state index in [0.717, 1.165) is 57.7 Å². The standard InChI is InChI=1S/C24H25N5OS/c1-15(2)16-4-3-5-18(12-16)27-24-26-14-17-6-7-20-19(22(17)28-24)13-21(31-20)23(30)29-10-8-25-9-11-29/h3-7,12-15,25H,8-11H2,1-2H3,(H,26,27,28). The van der Waals surface area contributed by atoms with Crippen LogP contribution in [0.1, 0.15) is 35.0 Å². The van der Waals surface area contributed by atoms with Crippen molar-refractivity contribution in [2.75, 3.05) is 31.5 Å². The van der Waals surface area contributed by atoms with Crippen LogP contribution in [0.25, 0.3) is 21.0 Å². The van der Waals surface area contributed by atoms with Gasteiger partial charge in [0.15, 0.2) is 0 Å². The molecule has 1 fully saturated rings. The molecule has 0 saturated carbocycles. The van der Waals surface area contributed by atoms with Crippen LogP contribution in [-0.2, 0) is 0 Å². The van der Waals surface area contributed by atoms with Gasteiger partial charge in [0.05, 0.1) is 10.4 Å². The molecule has 4 aromatic rings. The number of nitrogens with one attached hydrogen (secondary N) is 2. The second-order valence-electron chi connectivity index (χ2n) is 8.17. The van der Waals surface area contributed by atoms with E-state index in [4.69, 9.17) is 4.98 Å². The summed E-state index contributed by atoms with van der Waals surface area (Å²) >= 11 is 1.54. The van der Waals surface area contributed by atoms with Crippen molar-refractivity contribution >= 4 is 49.9 Å². The van der Waals surface area contributed by atoms with Crippen LogP contribution in [0, 0.1) is 0 Å². The molecule has 0 unspecified atom stereocenters. The Morgan fingerprint density at radius 2 is 2.00 bits per heavy atom. The molecule has 2 N–H and O–H groups in total. The Morgan fingerprint density at radius 1 is 1.16 bits per heavy atom. The van der Waals surface area contributed by atoms with Gasteiger partial charge < -0.3 is 15.5 Å². The first-order valence-electron chi connectivity index (χ1n) is 10.6. The number of aromatic nitrogens is 2. The maximum Gasteiger partial charge on any atom is 0.264 e. The molecule has 0 bridgehead atoms. The van der Waals surface area contributed by atoms with Crippen LogP contribution >= 0.6 is 11.3 Å². The molecule has 1 amide bonds. The molecule has 31 heavy (non-hydrogen) atoms. The molecule has 0 spiro atoms. The van der Waals surface area contributed by atoms with Gasteiger partial charge >= 0.3 is 0 Å². The Morgan fingerprint density at radius 3 is 2.81 bits per heavy atom. The highest BCUT2D eigenvalue weighted by molar-refractivity contribution is 7.21. The molecule has 2 aromatic carbocycles. The minimum Gasteiger partial charge on any atom is -0.335 e. The highest BCUT2D eigenvalue weighted by Crippen LogP contribution is 2.32. The molecule has 1 aliphatic heterocycles. The lowest BCUT2D eigenvalue weighted by Gasteiger charge is -2.26. The predicted octanol–water partition coefficient (Wildman–Crippen LogP) is 4.76. The van der Waals surface area contributed by atoms with Gasteiger partial charge in [0.25, 0.3) is 5.91 Å². The van der Waals surface area contributed by atoms with E-state index in [1.54, 1.807) is 0 Å². The molecule has 0 aliphatic carbocycles. The quantitative estimate of drug-likeness (QED) is 0.488. The van der Waals surface area contributed by atoms with Crippen LogP contribution in [0.4, 0.5) is 11.6 Å². The third kappa shape index (κ3) is 3.98. The van der Waals surface area contributed by atoms with E-state index in [1.165, 1.54) is 16.9 Å².